The minimum Gasteiger partial charge on any atom is -0.342 e. The Hall–Kier alpha value is -2.59. The van der Waals surface area contributed by atoms with E-state index in [1.54, 1.807) is 12.3 Å². The fourth-order valence-corrected chi connectivity index (χ4v) is 2.83. The number of carbonyl (C=O) groups is 1. The van der Waals surface area contributed by atoms with Crippen LogP contribution in [0.2, 0.25) is 5.02 Å². The summed E-state index contributed by atoms with van der Waals surface area (Å²) in [6.45, 7) is 0. The largest absolute Gasteiger partial charge is 0.342 e. The third kappa shape index (κ3) is 3.66. The van der Waals surface area contributed by atoms with Crippen LogP contribution >= 0.6 is 11.6 Å². The molecule has 5 heteroatoms. The lowest BCUT2D eigenvalue weighted by Crippen LogP contribution is -2.32. The van der Waals surface area contributed by atoms with E-state index >= 15 is 0 Å². The molecule has 1 atom stereocenters. The van der Waals surface area contributed by atoms with E-state index in [1.807, 2.05) is 66.3 Å². The average Bonchev–Trinajstić information content (AvgIpc) is 3.01. The van der Waals surface area contributed by atoms with Crippen LogP contribution in [0.5, 0.6) is 0 Å². The first-order chi connectivity index (χ1) is 11.6. The Balaban J connectivity index is 1.84. The van der Waals surface area contributed by atoms with Crippen LogP contribution in [0, 0.1) is 0 Å². The zero-order valence-corrected chi connectivity index (χ0v) is 14.1. The van der Waals surface area contributed by atoms with Gasteiger partial charge >= 0.3 is 0 Å². The highest BCUT2D eigenvalue weighted by atomic mass is 35.5. The van der Waals surface area contributed by atoms with Crippen LogP contribution < -0.4 is 5.32 Å². The van der Waals surface area contributed by atoms with Crippen LogP contribution in [0.15, 0.2) is 67.0 Å². The van der Waals surface area contributed by atoms with E-state index in [0.29, 0.717) is 5.02 Å². The topological polar surface area (TPSA) is 46.9 Å². The highest BCUT2D eigenvalue weighted by molar-refractivity contribution is 6.31. The monoisotopic (exact) mass is 339 g/mol. The van der Waals surface area contributed by atoms with Gasteiger partial charge in [-0.2, -0.15) is 0 Å². The summed E-state index contributed by atoms with van der Waals surface area (Å²) in [7, 11) is 1.92. The van der Waals surface area contributed by atoms with E-state index in [4.69, 9.17) is 11.6 Å². The highest BCUT2D eigenvalue weighted by Crippen LogP contribution is 2.21. The molecule has 1 aromatic heterocycles. The standard InChI is InChI=1S/C19H18ClN3O/c1-23-12-11-21-19(23)18(14-7-3-2-4-8-14)22-17(24)13-15-9-5-6-10-16(15)20/h2-12,18H,13H2,1H3,(H,22,24)/t18-/m1/s1. The number of benzene rings is 2. The maximum absolute atomic E-state index is 12.5. The molecule has 4 nitrogen and oxygen atoms in total. The molecule has 0 spiro atoms. The van der Waals surface area contributed by atoms with E-state index < -0.39 is 0 Å². The lowest BCUT2D eigenvalue weighted by molar-refractivity contribution is -0.121. The second-order valence-corrected chi connectivity index (χ2v) is 5.98. The van der Waals surface area contributed by atoms with Gasteiger partial charge in [0.05, 0.1) is 6.42 Å². The van der Waals surface area contributed by atoms with Gasteiger partial charge in [0.15, 0.2) is 0 Å². The molecule has 0 fully saturated rings. The summed E-state index contributed by atoms with van der Waals surface area (Å²) in [6.07, 6.45) is 3.82. The Morgan fingerprint density at radius 1 is 1.17 bits per heavy atom. The van der Waals surface area contributed by atoms with Gasteiger partial charge in [-0.3, -0.25) is 4.79 Å². The number of nitrogens with one attached hydrogen (secondary N) is 1. The first kappa shape index (κ1) is 16.3. The van der Waals surface area contributed by atoms with Crippen LogP contribution in [0.4, 0.5) is 0 Å². The van der Waals surface area contributed by atoms with Gasteiger partial charge in [0.1, 0.15) is 11.9 Å². The van der Waals surface area contributed by atoms with Crippen molar-refractivity contribution in [2.75, 3.05) is 0 Å². The van der Waals surface area contributed by atoms with E-state index in [1.165, 1.54) is 0 Å². The zero-order chi connectivity index (χ0) is 16.9. The van der Waals surface area contributed by atoms with Crippen LogP contribution in [0.25, 0.3) is 0 Å². The molecular formula is C19H18ClN3O. The molecule has 0 aliphatic heterocycles. The molecule has 1 amide bonds. The summed E-state index contributed by atoms with van der Waals surface area (Å²) in [4.78, 5) is 16.9. The summed E-state index contributed by atoms with van der Waals surface area (Å²) in [5.41, 5.74) is 1.79. The number of amides is 1. The van der Waals surface area contributed by atoms with Gasteiger partial charge in [-0.25, -0.2) is 4.98 Å². The van der Waals surface area contributed by atoms with Crippen molar-refractivity contribution in [3.63, 3.8) is 0 Å². The molecule has 0 unspecified atom stereocenters. The van der Waals surface area contributed by atoms with Gasteiger partial charge in [0.2, 0.25) is 5.91 Å². The van der Waals surface area contributed by atoms with E-state index in [2.05, 4.69) is 10.3 Å². The lowest BCUT2D eigenvalue weighted by atomic mass is 10.1. The first-order valence-corrected chi connectivity index (χ1v) is 8.08. The third-order valence-corrected chi connectivity index (χ3v) is 4.23. The van der Waals surface area contributed by atoms with Gasteiger partial charge < -0.3 is 9.88 Å². The van der Waals surface area contributed by atoms with E-state index in [-0.39, 0.29) is 18.4 Å². The number of halogens is 1. The van der Waals surface area contributed by atoms with Crippen molar-refractivity contribution in [1.82, 2.24) is 14.9 Å². The number of hydrogen-bond donors (Lipinski definition) is 1. The minimum absolute atomic E-state index is 0.0973. The Bertz CT molecular complexity index is 829. The Kier molecular flexibility index (Phi) is 4.96. The van der Waals surface area contributed by atoms with Crippen LogP contribution in [0.1, 0.15) is 23.0 Å². The third-order valence-electron chi connectivity index (χ3n) is 3.86. The maximum Gasteiger partial charge on any atom is 0.225 e. The second-order valence-electron chi connectivity index (χ2n) is 5.58. The number of aryl methyl sites for hydroxylation is 1. The van der Waals surface area contributed by atoms with Gasteiger partial charge in [-0.1, -0.05) is 60.1 Å². The molecule has 0 aliphatic carbocycles. The quantitative estimate of drug-likeness (QED) is 0.773. The summed E-state index contributed by atoms with van der Waals surface area (Å²) >= 11 is 6.15. The molecule has 0 bridgehead atoms. The normalized spacial score (nSPS) is 11.9. The summed E-state index contributed by atoms with van der Waals surface area (Å²) in [5.74, 6) is 0.689. The molecule has 122 valence electrons. The van der Waals surface area contributed by atoms with Crippen molar-refractivity contribution in [1.29, 1.82) is 0 Å². The van der Waals surface area contributed by atoms with Crippen molar-refractivity contribution >= 4 is 17.5 Å². The van der Waals surface area contributed by atoms with Crippen molar-refractivity contribution in [2.45, 2.75) is 12.5 Å². The highest BCUT2D eigenvalue weighted by Gasteiger charge is 2.20. The first-order valence-electron chi connectivity index (χ1n) is 7.70. The van der Waals surface area contributed by atoms with Gasteiger partial charge in [-0.05, 0) is 17.2 Å². The summed E-state index contributed by atoms with van der Waals surface area (Å²) < 4.78 is 1.91. The molecule has 0 saturated heterocycles. The number of nitrogens with zero attached hydrogens (tertiary/aromatic N) is 2. The zero-order valence-electron chi connectivity index (χ0n) is 13.3. The SMILES string of the molecule is Cn1ccnc1[C@H](NC(=O)Cc1ccccc1Cl)c1ccccc1. The molecule has 1 heterocycles. The Labute approximate surface area is 146 Å². The molecule has 2 aromatic carbocycles. The lowest BCUT2D eigenvalue weighted by Gasteiger charge is -2.19. The van der Waals surface area contributed by atoms with Crippen molar-refractivity contribution in [2.24, 2.45) is 7.05 Å². The predicted octanol–water partition coefficient (Wildman–Crippen LogP) is 3.52. The van der Waals surface area contributed by atoms with Gasteiger partial charge in [0.25, 0.3) is 0 Å². The van der Waals surface area contributed by atoms with Gasteiger partial charge in [-0.15, -0.1) is 0 Å². The summed E-state index contributed by atoms with van der Waals surface area (Å²) in [5, 5.41) is 3.67. The molecular weight excluding hydrogens is 322 g/mol. The molecule has 1 N–H and O–H groups in total. The number of carbonyl (C=O) groups excluding carboxylic acids is 1. The maximum atomic E-state index is 12.5. The van der Waals surface area contributed by atoms with Gasteiger partial charge in [0, 0.05) is 24.5 Å². The number of aromatic nitrogens is 2. The smallest absolute Gasteiger partial charge is 0.225 e. The molecule has 24 heavy (non-hydrogen) atoms. The molecule has 0 aliphatic rings. The average molecular weight is 340 g/mol. The number of rotatable bonds is 5. The fourth-order valence-electron chi connectivity index (χ4n) is 2.62. The second kappa shape index (κ2) is 7.32. The van der Waals surface area contributed by atoms with Crippen molar-refractivity contribution < 1.29 is 4.79 Å². The van der Waals surface area contributed by atoms with Crippen molar-refractivity contribution in [3.05, 3.63) is 89.0 Å². The predicted molar refractivity (Wildman–Crippen MR) is 94.8 cm³/mol. The fraction of sp³-hybridized carbons (Fsp3) is 0.158. The minimum atomic E-state index is -0.304. The van der Waals surface area contributed by atoms with Crippen LogP contribution in [-0.2, 0) is 18.3 Å². The van der Waals surface area contributed by atoms with E-state index in [0.717, 1.165) is 17.0 Å². The molecule has 3 rings (SSSR count). The van der Waals surface area contributed by atoms with Crippen LogP contribution in [-0.4, -0.2) is 15.5 Å². The Morgan fingerprint density at radius 3 is 2.54 bits per heavy atom. The Morgan fingerprint density at radius 2 is 1.88 bits per heavy atom. The molecule has 3 aromatic rings. The summed E-state index contributed by atoms with van der Waals surface area (Å²) in [6, 6.07) is 16.9. The number of hydrogen-bond acceptors (Lipinski definition) is 2. The molecule has 0 saturated carbocycles. The van der Waals surface area contributed by atoms with Crippen LogP contribution in [0.3, 0.4) is 0 Å². The molecule has 0 radical (unpaired) electrons. The van der Waals surface area contributed by atoms with Crippen molar-refractivity contribution in [3.8, 4) is 0 Å². The van der Waals surface area contributed by atoms with E-state index in [9.17, 15) is 4.79 Å². The number of imidazole rings is 1.